The average Bonchev–Trinajstić information content (AvgIpc) is 2.25. The quantitative estimate of drug-likeness (QED) is 0.749. The first-order valence-electron chi connectivity index (χ1n) is 5.82. The molecular weight excluding hydrogens is 200 g/mol. The molecular formula is C13H22N2O. The predicted molar refractivity (Wildman–Crippen MR) is 68.2 cm³/mol. The Balaban J connectivity index is 2.72. The molecule has 0 aromatic heterocycles. The molecule has 0 fully saturated rings. The molecule has 0 aliphatic rings. The number of anilines is 1. The fourth-order valence-electron chi connectivity index (χ4n) is 1.84. The van der Waals surface area contributed by atoms with Gasteiger partial charge in [-0.3, -0.25) is 4.90 Å². The van der Waals surface area contributed by atoms with E-state index in [1.807, 2.05) is 24.3 Å². The second-order valence-electron chi connectivity index (χ2n) is 4.33. The highest BCUT2D eigenvalue weighted by Crippen LogP contribution is 2.21. The summed E-state index contributed by atoms with van der Waals surface area (Å²) in [4.78, 5) is 2.22. The van der Waals surface area contributed by atoms with Gasteiger partial charge in [-0.25, -0.2) is 0 Å². The minimum absolute atomic E-state index is 0.435. The summed E-state index contributed by atoms with van der Waals surface area (Å²) in [7, 11) is 0. The molecule has 16 heavy (non-hydrogen) atoms. The summed E-state index contributed by atoms with van der Waals surface area (Å²) in [6.07, 6.45) is -0.511. The first kappa shape index (κ1) is 13.0. The van der Waals surface area contributed by atoms with Gasteiger partial charge in [0, 0.05) is 23.8 Å². The summed E-state index contributed by atoms with van der Waals surface area (Å²) >= 11 is 0. The maximum Gasteiger partial charge on any atom is 0.0936 e. The van der Waals surface area contributed by atoms with E-state index in [4.69, 9.17) is 5.73 Å². The van der Waals surface area contributed by atoms with E-state index in [0.717, 1.165) is 12.1 Å². The average molecular weight is 222 g/mol. The van der Waals surface area contributed by atoms with Gasteiger partial charge in [-0.1, -0.05) is 25.1 Å². The number of nitrogen functional groups attached to an aromatic ring is 1. The standard InChI is InChI=1S/C13H22N2O/c1-4-15(10(2)3)9-13(16)11-7-5-6-8-12(11)14/h5-8,10,13,16H,4,9,14H2,1-3H3. The van der Waals surface area contributed by atoms with Crippen molar-refractivity contribution in [3.8, 4) is 0 Å². The van der Waals surface area contributed by atoms with E-state index in [9.17, 15) is 5.11 Å². The zero-order valence-electron chi connectivity index (χ0n) is 10.4. The van der Waals surface area contributed by atoms with Crippen LogP contribution in [0.25, 0.3) is 0 Å². The van der Waals surface area contributed by atoms with Crippen LogP contribution in [0.2, 0.25) is 0 Å². The molecule has 3 N–H and O–H groups in total. The number of hydrogen-bond acceptors (Lipinski definition) is 3. The summed E-state index contributed by atoms with van der Waals surface area (Å²) in [6, 6.07) is 7.93. The Morgan fingerprint density at radius 2 is 1.94 bits per heavy atom. The van der Waals surface area contributed by atoms with Crippen molar-refractivity contribution in [1.82, 2.24) is 4.90 Å². The van der Waals surface area contributed by atoms with Crippen molar-refractivity contribution in [2.45, 2.75) is 32.9 Å². The van der Waals surface area contributed by atoms with E-state index in [1.165, 1.54) is 0 Å². The highest BCUT2D eigenvalue weighted by atomic mass is 16.3. The third kappa shape index (κ3) is 3.22. The number of rotatable bonds is 5. The zero-order chi connectivity index (χ0) is 12.1. The van der Waals surface area contributed by atoms with Crippen molar-refractivity contribution in [2.75, 3.05) is 18.8 Å². The fourth-order valence-corrected chi connectivity index (χ4v) is 1.84. The Hall–Kier alpha value is -1.06. The van der Waals surface area contributed by atoms with Gasteiger partial charge in [0.1, 0.15) is 0 Å². The van der Waals surface area contributed by atoms with Gasteiger partial charge in [0.2, 0.25) is 0 Å². The molecule has 0 saturated heterocycles. The number of nitrogens with zero attached hydrogens (tertiary/aromatic N) is 1. The van der Waals surface area contributed by atoms with Crippen LogP contribution in [0.15, 0.2) is 24.3 Å². The highest BCUT2D eigenvalue weighted by Gasteiger charge is 2.16. The lowest BCUT2D eigenvalue weighted by Gasteiger charge is -2.27. The molecule has 0 spiro atoms. The molecule has 3 heteroatoms. The Labute approximate surface area is 97.9 Å². The van der Waals surface area contributed by atoms with Gasteiger partial charge in [0.15, 0.2) is 0 Å². The largest absolute Gasteiger partial charge is 0.398 e. The molecule has 0 aliphatic carbocycles. The van der Waals surface area contributed by atoms with Crippen molar-refractivity contribution >= 4 is 5.69 Å². The Bertz CT molecular complexity index is 325. The maximum absolute atomic E-state index is 10.1. The van der Waals surface area contributed by atoms with Crippen molar-refractivity contribution in [3.63, 3.8) is 0 Å². The number of likely N-dealkylation sites (N-methyl/N-ethyl adjacent to an activating group) is 1. The van der Waals surface area contributed by atoms with Crippen LogP contribution in [0.3, 0.4) is 0 Å². The van der Waals surface area contributed by atoms with Crippen LogP contribution in [-0.4, -0.2) is 29.1 Å². The Kier molecular flexibility index (Phi) is 4.77. The second-order valence-corrected chi connectivity index (χ2v) is 4.33. The summed E-state index contributed by atoms with van der Waals surface area (Å²) in [6.45, 7) is 7.92. The topological polar surface area (TPSA) is 49.5 Å². The molecule has 0 radical (unpaired) electrons. The normalized spacial score (nSPS) is 13.4. The second kappa shape index (κ2) is 5.87. The molecule has 0 amide bonds. The van der Waals surface area contributed by atoms with Gasteiger partial charge in [0.25, 0.3) is 0 Å². The lowest BCUT2D eigenvalue weighted by Crippen LogP contribution is -2.34. The number of hydrogen-bond donors (Lipinski definition) is 2. The summed E-state index contributed by atoms with van der Waals surface area (Å²) in [5.41, 5.74) is 7.32. The first-order chi connectivity index (χ1) is 7.56. The summed E-state index contributed by atoms with van der Waals surface area (Å²) in [5, 5.41) is 10.1. The number of para-hydroxylation sites is 1. The van der Waals surface area contributed by atoms with Crippen molar-refractivity contribution in [2.24, 2.45) is 0 Å². The van der Waals surface area contributed by atoms with Crippen LogP contribution in [0.4, 0.5) is 5.69 Å². The predicted octanol–water partition coefficient (Wildman–Crippen LogP) is 2.03. The van der Waals surface area contributed by atoms with E-state index in [0.29, 0.717) is 18.3 Å². The maximum atomic E-state index is 10.1. The van der Waals surface area contributed by atoms with Gasteiger partial charge < -0.3 is 10.8 Å². The van der Waals surface area contributed by atoms with Gasteiger partial charge in [-0.15, -0.1) is 0 Å². The smallest absolute Gasteiger partial charge is 0.0936 e. The zero-order valence-corrected chi connectivity index (χ0v) is 10.4. The first-order valence-corrected chi connectivity index (χ1v) is 5.82. The van der Waals surface area contributed by atoms with Crippen molar-refractivity contribution < 1.29 is 5.11 Å². The molecule has 1 unspecified atom stereocenters. The van der Waals surface area contributed by atoms with Crippen LogP contribution < -0.4 is 5.73 Å². The van der Waals surface area contributed by atoms with Gasteiger partial charge in [0.05, 0.1) is 6.10 Å². The van der Waals surface area contributed by atoms with Crippen LogP contribution in [0, 0.1) is 0 Å². The van der Waals surface area contributed by atoms with E-state index in [2.05, 4.69) is 25.7 Å². The van der Waals surface area contributed by atoms with Crippen LogP contribution in [-0.2, 0) is 0 Å². The van der Waals surface area contributed by atoms with Crippen LogP contribution in [0.5, 0.6) is 0 Å². The minimum Gasteiger partial charge on any atom is -0.398 e. The molecule has 0 aliphatic heterocycles. The van der Waals surface area contributed by atoms with Crippen LogP contribution >= 0.6 is 0 Å². The number of benzene rings is 1. The Morgan fingerprint density at radius 1 is 1.31 bits per heavy atom. The summed E-state index contributed by atoms with van der Waals surface area (Å²) < 4.78 is 0. The molecule has 0 bridgehead atoms. The monoisotopic (exact) mass is 222 g/mol. The molecule has 1 aromatic rings. The third-order valence-corrected chi connectivity index (χ3v) is 2.90. The molecule has 1 atom stereocenters. The fraction of sp³-hybridized carbons (Fsp3) is 0.538. The van der Waals surface area contributed by atoms with Gasteiger partial charge >= 0.3 is 0 Å². The van der Waals surface area contributed by atoms with E-state index < -0.39 is 6.10 Å². The SMILES string of the molecule is CCN(CC(O)c1ccccc1N)C(C)C. The summed E-state index contributed by atoms with van der Waals surface area (Å²) in [5.74, 6) is 0. The molecule has 1 aromatic carbocycles. The number of aliphatic hydroxyl groups excluding tert-OH is 1. The number of aliphatic hydroxyl groups is 1. The van der Waals surface area contributed by atoms with E-state index in [-0.39, 0.29) is 0 Å². The number of nitrogens with two attached hydrogens (primary N) is 1. The van der Waals surface area contributed by atoms with E-state index >= 15 is 0 Å². The lowest BCUT2D eigenvalue weighted by molar-refractivity contribution is 0.0996. The van der Waals surface area contributed by atoms with Crippen LogP contribution in [0.1, 0.15) is 32.4 Å². The van der Waals surface area contributed by atoms with E-state index in [1.54, 1.807) is 0 Å². The van der Waals surface area contributed by atoms with Gasteiger partial charge in [-0.2, -0.15) is 0 Å². The third-order valence-electron chi connectivity index (χ3n) is 2.90. The lowest BCUT2D eigenvalue weighted by atomic mass is 10.1. The molecule has 0 heterocycles. The van der Waals surface area contributed by atoms with Crippen molar-refractivity contribution in [3.05, 3.63) is 29.8 Å². The van der Waals surface area contributed by atoms with Crippen molar-refractivity contribution in [1.29, 1.82) is 0 Å². The Morgan fingerprint density at radius 3 is 2.44 bits per heavy atom. The molecule has 3 nitrogen and oxygen atoms in total. The molecule has 0 saturated carbocycles. The highest BCUT2D eigenvalue weighted by molar-refractivity contribution is 5.47. The molecule has 1 rings (SSSR count). The molecule has 90 valence electrons. The van der Waals surface area contributed by atoms with Gasteiger partial charge in [-0.05, 0) is 26.5 Å². The minimum atomic E-state index is -0.511.